The first-order valence-electron chi connectivity index (χ1n) is 10.7. The molecule has 0 bridgehead atoms. The van der Waals surface area contributed by atoms with E-state index in [-0.39, 0.29) is 18.2 Å². The van der Waals surface area contributed by atoms with Crippen molar-refractivity contribution in [3.8, 4) is 0 Å². The van der Waals surface area contributed by atoms with Gasteiger partial charge in [0.1, 0.15) is 6.04 Å². The van der Waals surface area contributed by atoms with Crippen LogP contribution >= 0.6 is 0 Å². The molecule has 3 rings (SSSR count). The van der Waals surface area contributed by atoms with Gasteiger partial charge in [-0.2, -0.15) is 0 Å². The summed E-state index contributed by atoms with van der Waals surface area (Å²) in [6, 6.07) is 28.3. The Kier molecular flexibility index (Phi) is 7.99. The third kappa shape index (κ3) is 6.54. The lowest BCUT2D eigenvalue weighted by Gasteiger charge is -2.32. The Hall–Kier alpha value is -3.40. The Bertz CT molecular complexity index is 956. The zero-order valence-corrected chi connectivity index (χ0v) is 18.2. The third-order valence-electron chi connectivity index (χ3n) is 5.07. The van der Waals surface area contributed by atoms with Crippen LogP contribution in [0.5, 0.6) is 0 Å². The molecule has 4 nitrogen and oxygen atoms in total. The fourth-order valence-electron chi connectivity index (χ4n) is 3.49. The van der Waals surface area contributed by atoms with Gasteiger partial charge in [-0.3, -0.25) is 9.59 Å². The highest BCUT2D eigenvalue weighted by molar-refractivity contribution is 5.89. The van der Waals surface area contributed by atoms with Crippen molar-refractivity contribution in [2.24, 2.45) is 5.92 Å². The topological polar surface area (TPSA) is 49.4 Å². The van der Waals surface area contributed by atoms with Gasteiger partial charge in [-0.1, -0.05) is 105 Å². The van der Waals surface area contributed by atoms with Crippen molar-refractivity contribution in [3.05, 3.63) is 108 Å². The minimum Gasteiger partial charge on any atom is -0.354 e. The van der Waals surface area contributed by atoms with Crippen LogP contribution in [0.15, 0.2) is 91.0 Å². The molecule has 3 aromatic carbocycles. The summed E-state index contributed by atoms with van der Waals surface area (Å²) in [6.45, 7) is 5.04. The highest BCUT2D eigenvalue weighted by atomic mass is 16.2. The maximum absolute atomic E-state index is 13.5. The van der Waals surface area contributed by atoms with E-state index in [2.05, 4.69) is 19.2 Å². The van der Waals surface area contributed by atoms with Crippen molar-refractivity contribution in [1.29, 1.82) is 0 Å². The van der Waals surface area contributed by atoms with Crippen molar-refractivity contribution >= 4 is 11.8 Å². The summed E-state index contributed by atoms with van der Waals surface area (Å²) >= 11 is 0. The Balaban J connectivity index is 1.96. The summed E-state index contributed by atoms with van der Waals surface area (Å²) in [5.41, 5.74) is 2.72. The number of rotatable bonds is 9. The maximum atomic E-state index is 13.5. The van der Waals surface area contributed by atoms with Crippen molar-refractivity contribution in [1.82, 2.24) is 10.2 Å². The normalized spacial score (nSPS) is 11.7. The molecule has 4 heteroatoms. The molecule has 0 aliphatic rings. The highest BCUT2D eigenvalue weighted by Crippen LogP contribution is 2.25. The largest absolute Gasteiger partial charge is 0.354 e. The van der Waals surface area contributed by atoms with Gasteiger partial charge in [-0.25, -0.2) is 0 Å². The second-order valence-corrected chi connectivity index (χ2v) is 8.12. The van der Waals surface area contributed by atoms with E-state index in [1.165, 1.54) is 0 Å². The SMILES string of the molecule is CC(C)CNC(=O)[C@H](c1ccccc1)N(Cc1ccccc1)C(=O)Cc1ccccc1. The molecule has 0 fully saturated rings. The Morgan fingerprint density at radius 1 is 0.774 bits per heavy atom. The molecule has 0 heterocycles. The van der Waals surface area contributed by atoms with Crippen molar-refractivity contribution in [2.75, 3.05) is 6.54 Å². The van der Waals surface area contributed by atoms with Crippen LogP contribution in [-0.2, 0) is 22.6 Å². The molecular weight excluding hydrogens is 384 g/mol. The summed E-state index contributed by atoms with van der Waals surface area (Å²) in [5.74, 6) is 0.0869. The third-order valence-corrected chi connectivity index (χ3v) is 5.07. The van der Waals surface area contributed by atoms with Gasteiger partial charge in [0.2, 0.25) is 11.8 Å². The molecule has 0 aliphatic carbocycles. The zero-order valence-electron chi connectivity index (χ0n) is 18.2. The first-order chi connectivity index (χ1) is 15.0. The fraction of sp³-hybridized carbons (Fsp3) is 0.259. The number of amides is 2. The van der Waals surface area contributed by atoms with Crippen LogP contribution in [0, 0.1) is 5.92 Å². The van der Waals surface area contributed by atoms with Crippen LogP contribution in [0.3, 0.4) is 0 Å². The van der Waals surface area contributed by atoms with Gasteiger partial charge in [-0.05, 0) is 22.6 Å². The lowest BCUT2D eigenvalue weighted by molar-refractivity contribution is -0.141. The van der Waals surface area contributed by atoms with Gasteiger partial charge in [0.25, 0.3) is 0 Å². The van der Waals surface area contributed by atoms with E-state index in [0.717, 1.165) is 16.7 Å². The smallest absolute Gasteiger partial charge is 0.247 e. The minimum absolute atomic E-state index is 0.0800. The second-order valence-electron chi connectivity index (χ2n) is 8.12. The number of carbonyl (C=O) groups is 2. The lowest BCUT2D eigenvalue weighted by Crippen LogP contribution is -2.44. The van der Waals surface area contributed by atoms with Gasteiger partial charge in [0, 0.05) is 13.1 Å². The molecular formula is C27H30N2O2. The first-order valence-corrected chi connectivity index (χ1v) is 10.7. The molecule has 160 valence electrons. The van der Waals surface area contributed by atoms with Crippen LogP contribution in [0.25, 0.3) is 0 Å². The Morgan fingerprint density at radius 2 is 1.29 bits per heavy atom. The quantitative estimate of drug-likeness (QED) is 0.548. The molecule has 31 heavy (non-hydrogen) atoms. The standard InChI is InChI=1S/C27H30N2O2/c1-21(2)19-28-27(31)26(24-16-10-5-11-17-24)29(20-23-14-8-4-9-15-23)25(30)18-22-12-6-3-7-13-22/h3-17,21,26H,18-20H2,1-2H3,(H,28,31)/t26-/m0/s1. The molecule has 0 saturated heterocycles. The average Bonchev–Trinajstić information content (AvgIpc) is 2.79. The molecule has 3 aromatic rings. The maximum Gasteiger partial charge on any atom is 0.247 e. The second kappa shape index (κ2) is 11.1. The van der Waals surface area contributed by atoms with Crippen LogP contribution in [0.1, 0.15) is 36.6 Å². The monoisotopic (exact) mass is 414 g/mol. The van der Waals surface area contributed by atoms with Crippen molar-refractivity contribution in [3.63, 3.8) is 0 Å². The molecule has 2 amide bonds. The van der Waals surface area contributed by atoms with Gasteiger partial charge in [0.05, 0.1) is 6.42 Å². The van der Waals surface area contributed by atoms with Gasteiger partial charge >= 0.3 is 0 Å². The highest BCUT2D eigenvalue weighted by Gasteiger charge is 2.31. The number of nitrogens with one attached hydrogen (secondary N) is 1. The summed E-state index contributed by atoms with van der Waals surface area (Å²) in [5, 5.41) is 3.03. The fourth-order valence-corrected chi connectivity index (χ4v) is 3.49. The number of hydrogen-bond donors (Lipinski definition) is 1. The number of nitrogens with zero attached hydrogens (tertiary/aromatic N) is 1. The summed E-state index contributed by atoms with van der Waals surface area (Å²) in [7, 11) is 0. The van der Waals surface area contributed by atoms with E-state index in [1.807, 2.05) is 91.0 Å². The molecule has 1 N–H and O–H groups in total. The summed E-state index contributed by atoms with van der Waals surface area (Å²) in [6.07, 6.45) is 0.245. The van der Waals surface area contributed by atoms with Crippen molar-refractivity contribution in [2.45, 2.75) is 32.9 Å². The zero-order chi connectivity index (χ0) is 22.1. The molecule has 0 spiro atoms. The van der Waals surface area contributed by atoms with E-state index in [9.17, 15) is 9.59 Å². The first kappa shape index (κ1) is 22.3. The van der Waals surface area contributed by atoms with E-state index in [0.29, 0.717) is 19.0 Å². The van der Waals surface area contributed by atoms with Crippen LogP contribution in [-0.4, -0.2) is 23.3 Å². The molecule has 0 saturated carbocycles. The summed E-state index contributed by atoms with van der Waals surface area (Å²) in [4.78, 5) is 28.6. The predicted octanol–water partition coefficient (Wildman–Crippen LogP) is 4.77. The summed E-state index contributed by atoms with van der Waals surface area (Å²) < 4.78 is 0. The molecule has 0 aromatic heterocycles. The van der Waals surface area contributed by atoms with E-state index < -0.39 is 6.04 Å². The van der Waals surface area contributed by atoms with Gasteiger partial charge in [0.15, 0.2) is 0 Å². The van der Waals surface area contributed by atoms with Crippen LogP contribution in [0.4, 0.5) is 0 Å². The molecule has 0 aliphatic heterocycles. The number of hydrogen-bond acceptors (Lipinski definition) is 2. The van der Waals surface area contributed by atoms with Crippen molar-refractivity contribution < 1.29 is 9.59 Å². The average molecular weight is 415 g/mol. The molecule has 0 radical (unpaired) electrons. The van der Waals surface area contributed by atoms with Crippen LogP contribution < -0.4 is 5.32 Å². The number of carbonyl (C=O) groups excluding carboxylic acids is 2. The van der Waals surface area contributed by atoms with Crippen LogP contribution in [0.2, 0.25) is 0 Å². The minimum atomic E-state index is -0.698. The van der Waals surface area contributed by atoms with E-state index in [1.54, 1.807) is 4.90 Å². The number of benzene rings is 3. The Morgan fingerprint density at radius 3 is 1.84 bits per heavy atom. The van der Waals surface area contributed by atoms with E-state index >= 15 is 0 Å². The molecule has 1 atom stereocenters. The van der Waals surface area contributed by atoms with Gasteiger partial charge < -0.3 is 10.2 Å². The van der Waals surface area contributed by atoms with E-state index in [4.69, 9.17) is 0 Å². The molecule has 0 unspecified atom stereocenters. The van der Waals surface area contributed by atoms with Gasteiger partial charge in [-0.15, -0.1) is 0 Å². The predicted molar refractivity (Wildman–Crippen MR) is 124 cm³/mol. The Labute approximate surface area is 184 Å². The lowest BCUT2D eigenvalue weighted by atomic mass is 10.0.